The number of hydrogen-bond acceptors (Lipinski definition) is 2. The third-order valence-corrected chi connectivity index (χ3v) is 5.48. The van der Waals surface area contributed by atoms with Crippen LogP contribution in [-0.2, 0) is 0 Å². The van der Waals surface area contributed by atoms with Crippen LogP contribution in [0.2, 0.25) is 0 Å². The third kappa shape index (κ3) is 1.90. The van der Waals surface area contributed by atoms with Crippen LogP contribution in [0.25, 0.3) is 19.8 Å². The SMILES string of the molecule is Cc1cc(C)c(-c2cc3sc(C)cc3s2)c(C)c1. The summed E-state index contributed by atoms with van der Waals surface area (Å²) in [6.07, 6.45) is 0. The molecule has 0 saturated heterocycles. The molecular formula is C16H16S2. The maximum absolute atomic E-state index is 2.35. The van der Waals surface area contributed by atoms with Crippen LogP contribution in [0.15, 0.2) is 24.3 Å². The molecule has 0 spiro atoms. The molecule has 0 N–H and O–H groups in total. The molecule has 0 atom stereocenters. The molecular weight excluding hydrogens is 256 g/mol. The fraction of sp³-hybridized carbons (Fsp3) is 0.250. The van der Waals surface area contributed by atoms with Crippen LogP contribution in [0, 0.1) is 27.7 Å². The first kappa shape index (κ1) is 11.9. The van der Waals surface area contributed by atoms with E-state index in [-0.39, 0.29) is 0 Å². The minimum absolute atomic E-state index is 1.35. The quantitative estimate of drug-likeness (QED) is 0.520. The molecule has 0 aliphatic heterocycles. The van der Waals surface area contributed by atoms with E-state index in [1.807, 2.05) is 22.7 Å². The molecule has 2 aromatic heterocycles. The van der Waals surface area contributed by atoms with Crippen molar-refractivity contribution in [3.05, 3.63) is 45.8 Å². The zero-order valence-corrected chi connectivity index (χ0v) is 12.8. The van der Waals surface area contributed by atoms with Gasteiger partial charge in [-0.3, -0.25) is 0 Å². The summed E-state index contributed by atoms with van der Waals surface area (Å²) < 4.78 is 2.85. The Bertz CT molecular complexity index is 674. The second-order valence-electron chi connectivity index (χ2n) is 4.97. The Morgan fingerprint density at radius 2 is 1.33 bits per heavy atom. The second kappa shape index (κ2) is 4.22. The second-order valence-corrected chi connectivity index (χ2v) is 7.34. The van der Waals surface area contributed by atoms with Crippen molar-refractivity contribution < 1.29 is 0 Å². The number of thiophene rings is 2. The number of fused-ring (bicyclic) bond motifs is 1. The van der Waals surface area contributed by atoms with Gasteiger partial charge in [-0.25, -0.2) is 0 Å². The van der Waals surface area contributed by atoms with E-state index in [4.69, 9.17) is 0 Å². The lowest BCUT2D eigenvalue weighted by molar-refractivity contribution is 1.33. The Labute approximate surface area is 116 Å². The molecule has 18 heavy (non-hydrogen) atoms. The summed E-state index contributed by atoms with van der Waals surface area (Å²) in [4.78, 5) is 2.81. The maximum atomic E-state index is 2.35. The van der Waals surface area contributed by atoms with Crippen LogP contribution in [0.4, 0.5) is 0 Å². The van der Waals surface area contributed by atoms with E-state index in [0.29, 0.717) is 0 Å². The highest BCUT2D eigenvalue weighted by atomic mass is 32.1. The number of benzene rings is 1. The van der Waals surface area contributed by atoms with E-state index in [2.05, 4.69) is 52.0 Å². The van der Waals surface area contributed by atoms with Crippen LogP contribution in [0.3, 0.4) is 0 Å². The van der Waals surface area contributed by atoms with Gasteiger partial charge in [0.15, 0.2) is 0 Å². The lowest BCUT2D eigenvalue weighted by Crippen LogP contribution is -1.87. The smallest absolute Gasteiger partial charge is 0.0459 e. The summed E-state index contributed by atoms with van der Waals surface area (Å²) >= 11 is 3.81. The average molecular weight is 272 g/mol. The molecule has 0 radical (unpaired) electrons. The molecule has 3 rings (SSSR count). The Morgan fingerprint density at radius 3 is 1.94 bits per heavy atom. The van der Waals surface area contributed by atoms with Gasteiger partial charge >= 0.3 is 0 Å². The van der Waals surface area contributed by atoms with Crippen molar-refractivity contribution in [1.29, 1.82) is 0 Å². The minimum Gasteiger partial charge on any atom is -0.140 e. The largest absolute Gasteiger partial charge is 0.140 e. The van der Waals surface area contributed by atoms with E-state index < -0.39 is 0 Å². The van der Waals surface area contributed by atoms with Crippen molar-refractivity contribution in [3.8, 4) is 10.4 Å². The van der Waals surface area contributed by atoms with Crippen molar-refractivity contribution in [2.24, 2.45) is 0 Å². The predicted octanol–water partition coefficient (Wildman–Crippen LogP) is 5.86. The Kier molecular flexibility index (Phi) is 2.80. The van der Waals surface area contributed by atoms with Gasteiger partial charge in [-0.1, -0.05) is 17.7 Å². The van der Waals surface area contributed by atoms with Crippen LogP contribution in [0.1, 0.15) is 21.6 Å². The molecule has 0 nitrogen and oxygen atoms in total. The Balaban J connectivity index is 2.22. The molecule has 0 saturated carbocycles. The monoisotopic (exact) mass is 272 g/mol. The minimum atomic E-state index is 1.35. The first-order valence-electron chi connectivity index (χ1n) is 6.13. The molecule has 0 unspecified atom stereocenters. The van der Waals surface area contributed by atoms with Crippen LogP contribution < -0.4 is 0 Å². The first-order chi connectivity index (χ1) is 8.54. The summed E-state index contributed by atoms with van der Waals surface area (Å²) in [5, 5.41) is 0. The average Bonchev–Trinajstić information content (AvgIpc) is 2.72. The topological polar surface area (TPSA) is 0 Å². The summed E-state index contributed by atoms with van der Waals surface area (Å²) in [6.45, 7) is 8.78. The van der Waals surface area contributed by atoms with Gasteiger partial charge in [0, 0.05) is 19.2 Å². The summed E-state index contributed by atoms with van der Waals surface area (Å²) in [7, 11) is 0. The fourth-order valence-corrected chi connectivity index (χ4v) is 5.14. The van der Waals surface area contributed by atoms with Gasteiger partial charge in [0.1, 0.15) is 0 Å². The lowest BCUT2D eigenvalue weighted by Gasteiger charge is -2.09. The maximum Gasteiger partial charge on any atom is 0.0459 e. The lowest BCUT2D eigenvalue weighted by atomic mass is 9.99. The van der Waals surface area contributed by atoms with Crippen LogP contribution in [-0.4, -0.2) is 0 Å². The molecule has 3 aromatic rings. The van der Waals surface area contributed by atoms with E-state index >= 15 is 0 Å². The molecule has 0 aliphatic carbocycles. The van der Waals surface area contributed by atoms with Gasteiger partial charge in [0.05, 0.1) is 0 Å². The molecule has 0 aliphatic rings. The van der Waals surface area contributed by atoms with Crippen molar-refractivity contribution in [1.82, 2.24) is 0 Å². The van der Waals surface area contributed by atoms with Gasteiger partial charge in [-0.2, -0.15) is 0 Å². The van der Waals surface area contributed by atoms with Gasteiger partial charge < -0.3 is 0 Å². The highest BCUT2D eigenvalue weighted by Gasteiger charge is 2.11. The molecule has 0 amide bonds. The van der Waals surface area contributed by atoms with Gasteiger partial charge in [0.25, 0.3) is 0 Å². The fourth-order valence-electron chi connectivity index (χ4n) is 2.65. The zero-order valence-electron chi connectivity index (χ0n) is 11.1. The molecule has 0 fully saturated rings. The molecule has 2 heteroatoms. The molecule has 1 aromatic carbocycles. The van der Waals surface area contributed by atoms with Crippen LogP contribution >= 0.6 is 22.7 Å². The number of rotatable bonds is 1. The normalized spacial score (nSPS) is 11.3. The van der Waals surface area contributed by atoms with Crippen molar-refractivity contribution in [3.63, 3.8) is 0 Å². The molecule has 2 heterocycles. The first-order valence-corrected chi connectivity index (χ1v) is 7.76. The van der Waals surface area contributed by atoms with Crippen molar-refractivity contribution in [2.75, 3.05) is 0 Å². The Hall–Kier alpha value is -1.12. The number of hydrogen-bond donors (Lipinski definition) is 0. The van der Waals surface area contributed by atoms with Crippen molar-refractivity contribution in [2.45, 2.75) is 27.7 Å². The predicted molar refractivity (Wildman–Crippen MR) is 84.1 cm³/mol. The molecule has 92 valence electrons. The van der Waals surface area contributed by atoms with E-state index in [0.717, 1.165) is 0 Å². The number of aryl methyl sites for hydroxylation is 4. The van der Waals surface area contributed by atoms with Gasteiger partial charge in [-0.05, 0) is 56.5 Å². The summed E-state index contributed by atoms with van der Waals surface area (Å²) in [5.74, 6) is 0. The molecule has 0 bridgehead atoms. The van der Waals surface area contributed by atoms with Crippen molar-refractivity contribution >= 4 is 32.1 Å². The zero-order chi connectivity index (χ0) is 12.9. The van der Waals surface area contributed by atoms with Gasteiger partial charge in [-0.15, -0.1) is 22.7 Å². The van der Waals surface area contributed by atoms with Gasteiger partial charge in [0.2, 0.25) is 0 Å². The van der Waals surface area contributed by atoms with Crippen LogP contribution in [0.5, 0.6) is 0 Å². The highest BCUT2D eigenvalue weighted by Crippen LogP contribution is 2.40. The standard InChI is InChI=1S/C16H16S2/c1-9-5-10(2)16(11(3)6-9)15-8-14-13(18-15)7-12(4)17-14/h5-8H,1-4H3. The van der Waals surface area contributed by atoms with E-state index in [9.17, 15) is 0 Å². The summed E-state index contributed by atoms with van der Waals surface area (Å²) in [5.41, 5.74) is 5.55. The van der Waals surface area contributed by atoms with E-state index in [1.54, 1.807) is 0 Å². The summed E-state index contributed by atoms with van der Waals surface area (Å²) in [6, 6.07) is 9.21. The Morgan fingerprint density at radius 1 is 0.722 bits per heavy atom. The van der Waals surface area contributed by atoms with E-state index in [1.165, 1.54) is 41.4 Å². The third-order valence-electron chi connectivity index (χ3n) is 3.25. The highest BCUT2D eigenvalue weighted by molar-refractivity contribution is 7.29.